The van der Waals surface area contributed by atoms with E-state index in [2.05, 4.69) is 11.1 Å². The molecule has 0 aliphatic heterocycles. The number of aromatic nitrogens is 1. The van der Waals surface area contributed by atoms with Crippen LogP contribution in [0.3, 0.4) is 0 Å². The number of rotatable bonds is 3. The van der Waals surface area contributed by atoms with Gasteiger partial charge in [-0.3, -0.25) is 4.79 Å². The van der Waals surface area contributed by atoms with E-state index in [9.17, 15) is 4.79 Å². The van der Waals surface area contributed by atoms with Crippen molar-refractivity contribution >= 4 is 16.9 Å². The highest BCUT2D eigenvalue weighted by Crippen LogP contribution is 2.22. The molecule has 0 radical (unpaired) electrons. The maximum atomic E-state index is 11.7. The Labute approximate surface area is 118 Å². The molecule has 0 saturated carbocycles. The summed E-state index contributed by atoms with van der Waals surface area (Å²) in [6, 6.07) is 7.74. The maximum absolute atomic E-state index is 11.7. The Bertz CT molecular complexity index is 672. The number of H-pyrrole nitrogens is 1. The van der Waals surface area contributed by atoms with Crippen molar-refractivity contribution in [3.63, 3.8) is 0 Å². The molecule has 2 rings (SSSR count). The van der Waals surface area contributed by atoms with Crippen molar-refractivity contribution in [2.75, 3.05) is 0 Å². The lowest BCUT2D eigenvalue weighted by atomic mass is 10.1. The Balaban J connectivity index is 2.12. The van der Waals surface area contributed by atoms with E-state index in [1.807, 2.05) is 39.1 Å². The first-order chi connectivity index (χ1) is 9.40. The number of para-hydroxylation sites is 1. The van der Waals surface area contributed by atoms with E-state index in [1.165, 1.54) is 0 Å². The van der Waals surface area contributed by atoms with Crippen molar-refractivity contribution in [2.24, 2.45) is 0 Å². The molecule has 1 N–H and O–H groups in total. The first-order valence-corrected chi connectivity index (χ1v) is 6.61. The number of nitriles is 1. The molecule has 0 aliphatic rings. The molecule has 0 fully saturated rings. The molecule has 104 valence electrons. The number of nitrogens with zero attached hydrogens (tertiary/aromatic N) is 1. The minimum Gasteiger partial charge on any atom is -0.460 e. The molecule has 1 heterocycles. The van der Waals surface area contributed by atoms with Crippen LogP contribution in [-0.4, -0.2) is 16.6 Å². The lowest BCUT2D eigenvalue weighted by Crippen LogP contribution is -2.23. The van der Waals surface area contributed by atoms with Gasteiger partial charge in [0.25, 0.3) is 0 Å². The summed E-state index contributed by atoms with van der Waals surface area (Å²) in [5.41, 5.74) is 2.02. The Kier molecular flexibility index (Phi) is 3.80. The number of nitrogens with one attached hydrogen (secondary N) is 1. The highest BCUT2D eigenvalue weighted by atomic mass is 16.6. The largest absolute Gasteiger partial charge is 0.460 e. The van der Waals surface area contributed by atoms with Gasteiger partial charge in [0.05, 0.1) is 11.1 Å². The predicted molar refractivity (Wildman–Crippen MR) is 77.2 cm³/mol. The number of hydrogen-bond donors (Lipinski definition) is 1. The van der Waals surface area contributed by atoms with Crippen LogP contribution < -0.4 is 0 Å². The van der Waals surface area contributed by atoms with Gasteiger partial charge in [-0.2, -0.15) is 5.26 Å². The summed E-state index contributed by atoms with van der Waals surface area (Å²) in [6.45, 7) is 5.57. The third-order valence-electron chi connectivity index (χ3n) is 2.94. The van der Waals surface area contributed by atoms with Gasteiger partial charge in [-0.1, -0.05) is 12.1 Å². The number of esters is 1. The van der Waals surface area contributed by atoms with Crippen LogP contribution in [0.15, 0.2) is 24.4 Å². The standard InChI is InChI=1S/C16H18N2O2/c1-16(2,3)20-14(19)8-7-12-10-18-15-11(9-17)5-4-6-13(12)15/h4-6,10,18H,7-8H2,1-3H3. The Morgan fingerprint density at radius 1 is 1.40 bits per heavy atom. The SMILES string of the molecule is CC(C)(C)OC(=O)CCc1c[nH]c2c(C#N)cccc12. The molecular formula is C16H18N2O2. The van der Waals surface area contributed by atoms with Crippen molar-refractivity contribution in [3.05, 3.63) is 35.5 Å². The molecule has 0 spiro atoms. The fourth-order valence-corrected chi connectivity index (χ4v) is 2.14. The van der Waals surface area contributed by atoms with Crippen LogP contribution in [0, 0.1) is 11.3 Å². The van der Waals surface area contributed by atoms with Gasteiger partial charge in [0.15, 0.2) is 0 Å². The maximum Gasteiger partial charge on any atom is 0.306 e. The summed E-state index contributed by atoms with van der Waals surface area (Å²) in [7, 11) is 0. The van der Waals surface area contributed by atoms with E-state index in [4.69, 9.17) is 10.00 Å². The fraction of sp³-hybridized carbons (Fsp3) is 0.375. The number of aromatic amines is 1. The summed E-state index contributed by atoms with van der Waals surface area (Å²) < 4.78 is 5.29. The number of carbonyl (C=O) groups excluding carboxylic acids is 1. The van der Waals surface area contributed by atoms with Crippen LogP contribution >= 0.6 is 0 Å². The van der Waals surface area contributed by atoms with E-state index >= 15 is 0 Å². The number of hydrogen-bond acceptors (Lipinski definition) is 3. The molecule has 1 aromatic carbocycles. The summed E-state index contributed by atoms with van der Waals surface area (Å²) in [5, 5.41) is 10.0. The molecule has 0 unspecified atom stereocenters. The topological polar surface area (TPSA) is 65.9 Å². The van der Waals surface area contributed by atoms with Crippen molar-refractivity contribution in [3.8, 4) is 6.07 Å². The number of benzene rings is 1. The molecule has 2 aromatic rings. The molecule has 0 aliphatic carbocycles. The third-order valence-corrected chi connectivity index (χ3v) is 2.94. The zero-order chi connectivity index (χ0) is 14.8. The first kappa shape index (κ1) is 14.1. The normalized spacial score (nSPS) is 11.3. The van der Waals surface area contributed by atoms with Crippen molar-refractivity contribution in [1.82, 2.24) is 4.98 Å². The molecule has 0 amide bonds. The first-order valence-electron chi connectivity index (χ1n) is 6.61. The second-order valence-electron chi connectivity index (χ2n) is 5.74. The van der Waals surface area contributed by atoms with E-state index in [0.717, 1.165) is 16.5 Å². The van der Waals surface area contributed by atoms with Gasteiger partial charge in [0, 0.05) is 18.0 Å². The lowest BCUT2D eigenvalue weighted by molar-refractivity contribution is -0.154. The van der Waals surface area contributed by atoms with E-state index in [1.54, 1.807) is 6.07 Å². The van der Waals surface area contributed by atoms with Gasteiger partial charge >= 0.3 is 5.97 Å². The highest BCUT2D eigenvalue weighted by Gasteiger charge is 2.16. The minimum absolute atomic E-state index is 0.205. The number of carbonyl (C=O) groups is 1. The molecule has 0 bridgehead atoms. The van der Waals surface area contributed by atoms with Crippen molar-refractivity contribution in [2.45, 2.75) is 39.2 Å². The third kappa shape index (κ3) is 3.18. The van der Waals surface area contributed by atoms with Gasteiger partial charge in [0.2, 0.25) is 0 Å². The molecule has 4 heteroatoms. The predicted octanol–water partition coefficient (Wildman–Crippen LogP) is 3.31. The van der Waals surface area contributed by atoms with E-state index in [0.29, 0.717) is 18.4 Å². The summed E-state index contributed by atoms with van der Waals surface area (Å²) in [5.74, 6) is -0.205. The van der Waals surface area contributed by atoms with Crippen LogP contribution in [0.25, 0.3) is 10.9 Å². The zero-order valence-electron chi connectivity index (χ0n) is 12.0. The van der Waals surface area contributed by atoms with Gasteiger partial charge in [0.1, 0.15) is 11.7 Å². The molecule has 0 saturated heterocycles. The Morgan fingerprint density at radius 2 is 2.15 bits per heavy atom. The van der Waals surface area contributed by atoms with Crippen LogP contribution in [0.1, 0.15) is 38.3 Å². The zero-order valence-corrected chi connectivity index (χ0v) is 12.0. The molecule has 20 heavy (non-hydrogen) atoms. The van der Waals surface area contributed by atoms with Crippen LogP contribution in [0.4, 0.5) is 0 Å². The van der Waals surface area contributed by atoms with E-state index < -0.39 is 5.60 Å². The van der Waals surface area contributed by atoms with Gasteiger partial charge in [-0.05, 0) is 38.8 Å². The summed E-state index contributed by atoms with van der Waals surface area (Å²) >= 11 is 0. The van der Waals surface area contributed by atoms with Crippen molar-refractivity contribution in [1.29, 1.82) is 5.26 Å². The Hall–Kier alpha value is -2.28. The molecule has 1 aromatic heterocycles. The number of ether oxygens (including phenoxy) is 1. The minimum atomic E-state index is -0.453. The molecule has 0 atom stereocenters. The average Bonchev–Trinajstić information content (AvgIpc) is 2.77. The highest BCUT2D eigenvalue weighted by molar-refractivity contribution is 5.88. The summed E-state index contributed by atoms with van der Waals surface area (Å²) in [6.07, 6.45) is 2.79. The van der Waals surface area contributed by atoms with Gasteiger partial charge in [-0.25, -0.2) is 0 Å². The summed E-state index contributed by atoms with van der Waals surface area (Å²) in [4.78, 5) is 14.8. The van der Waals surface area contributed by atoms with Crippen LogP contribution in [-0.2, 0) is 16.0 Å². The van der Waals surface area contributed by atoms with E-state index in [-0.39, 0.29) is 5.97 Å². The number of fused-ring (bicyclic) bond motifs is 1. The Morgan fingerprint density at radius 3 is 2.80 bits per heavy atom. The molecular weight excluding hydrogens is 252 g/mol. The van der Waals surface area contributed by atoms with Gasteiger partial charge in [-0.15, -0.1) is 0 Å². The van der Waals surface area contributed by atoms with Gasteiger partial charge < -0.3 is 9.72 Å². The number of aryl methyl sites for hydroxylation is 1. The fourth-order valence-electron chi connectivity index (χ4n) is 2.14. The molecule has 4 nitrogen and oxygen atoms in total. The second kappa shape index (κ2) is 5.38. The van der Waals surface area contributed by atoms with Crippen molar-refractivity contribution < 1.29 is 9.53 Å². The van der Waals surface area contributed by atoms with Crippen LogP contribution in [0.5, 0.6) is 0 Å². The second-order valence-corrected chi connectivity index (χ2v) is 5.74. The quantitative estimate of drug-likeness (QED) is 0.870. The van der Waals surface area contributed by atoms with Crippen LogP contribution in [0.2, 0.25) is 0 Å². The monoisotopic (exact) mass is 270 g/mol. The lowest BCUT2D eigenvalue weighted by Gasteiger charge is -2.19. The average molecular weight is 270 g/mol. The smallest absolute Gasteiger partial charge is 0.306 e.